The number of hydrogen-bond donors (Lipinski definition) is 1. The molecule has 4 heteroatoms. The van der Waals surface area contributed by atoms with E-state index in [2.05, 4.69) is 31.3 Å². The molecule has 0 radical (unpaired) electrons. The summed E-state index contributed by atoms with van der Waals surface area (Å²) in [5.41, 5.74) is 4.32. The molecule has 1 N–H and O–H groups in total. The second-order valence-corrected chi connectivity index (χ2v) is 7.28. The van der Waals surface area contributed by atoms with E-state index in [4.69, 9.17) is 0 Å². The third-order valence-electron chi connectivity index (χ3n) is 4.94. The van der Waals surface area contributed by atoms with Crippen molar-refractivity contribution in [1.29, 1.82) is 0 Å². The molecule has 0 saturated carbocycles. The van der Waals surface area contributed by atoms with Gasteiger partial charge in [-0.2, -0.15) is 0 Å². The molecule has 26 heavy (non-hydrogen) atoms. The molecule has 0 unspecified atom stereocenters. The van der Waals surface area contributed by atoms with Crippen molar-refractivity contribution >= 4 is 17.5 Å². The quantitative estimate of drug-likeness (QED) is 0.834. The second-order valence-electron chi connectivity index (χ2n) is 7.28. The van der Waals surface area contributed by atoms with Gasteiger partial charge in [-0.25, -0.2) is 0 Å². The lowest BCUT2D eigenvalue weighted by atomic mass is 10.0. The Kier molecular flexibility index (Phi) is 5.40. The van der Waals surface area contributed by atoms with E-state index < -0.39 is 5.92 Å². The standard InChI is InChI=1S/C22H26N2O2/c1-15(2)18-7-9-19(10-8-18)24-12-11-20(22(24)26)21(25)23-14-17-6-4-5-16(3)13-17/h4-10,13,15,20H,11-12,14H2,1-3H3,(H,23,25)/t20-/m1/s1. The fourth-order valence-corrected chi connectivity index (χ4v) is 3.35. The summed E-state index contributed by atoms with van der Waals surface area (Å²) in [5.74, 6) is -0.426. The van der Waals surface area contributed by atoms with Crippen molar-refractivity contribution < 1.29 is 9.59 Å². The number of nitrogens with zero attached hydrogens (tertiary/aromatic N) is 1. The van der Waals surface area contributed by atoms with Crippen LogP contribution in [-0.4, -0.2) is 18.4 Å². The summed E-state index contributed by atoms with van der Waals surface area (Å²) in [6.07, 6.45) is 0.560. The second kappa shape index (κ2) is 7.73. The minimum Gasteiger partial charge on any atom is -0.351 e. The Hall–Kier alpha value is -2.62. The van der Waals surface area contributed by atoms with E-state index in [9.17, 15) is 9.59 Å². The molecule has 136 valence electrons. The normalized spacial score (nSPS) is 17.0. The minimum atomic E-state index is -0.593. The molecule has 1 atom stereocenters. The largest absolute Gasteiger partial charge is 0.351 e. The predicted molar refractivity (Wildman–Crippen MR) is 104 cm³/mol. The molecule has 0 spiro atoms. The molecule has 1 fully saturated rings. The van der Waals surface area contributed by atoms with E-state index in [-0.39, 0.29) is 11.8 Å². The third-order valence-corrected chi connectivity index (χ3v) is 4.94. The van der Waals surface area contributed by atoms with Crippen molar-refractivity contribution in [1.82, 2.24) is 5.32 Å². The Bertz CT molecular complexity index is 796. The van der Waals surface area contributed by atoms with Crippen LogP contribution in [0.3, 0.4) is 0 Å². The Balaban J connectivity index is 1.62. The highest BCUT2D eigenvalue weighted by Gasteiger charge is 2.37. The smallest absolute Gasteiger partial charge is 0.239 e. The van der Waals surface area contributed by atoms with Gasteiger partial charge in [0.15, 0.2) is 0 Å². The lowest BCUT2D eigenvalue weighted by molar-refractivity contribution is -0.132. The summed E-state index contributed by atoms with van der Waals surface area (Å²) >= 11 is 0. The van der Waals surface area contributed by atoms with Crippen LogP contribution in [0, 0.1) is 12.8 Å². The molecule has 2 aromatic rings. The van der Waals surface area contributed by atoms with E-state index in [0.717, 1.165) is 16.8 Å². The van der Waals surface area contributed by atoms with Gasteiger partial charge in [-0.3, -0.25) is 9.59 Å². The lowest BCUT2D eigenvalue weighted by Gasteiger charge is -2.18. The van der Waals surface area contributed by atoms with Crippen molar-refractivity contribution in [2.45, 2.75) is 39.7 Å². The Morgan fingerprint density at radius 2 is 1.92 bits per heavy atom. The van der Waals surface area contributed by atoms with Crippen molar-refractivity contribution in [2.75, 3.05) is 11.4 Å². The number of carbonyl (C=O) groups is 2. The average Bonchev–Trinajstić information content (AvgIpc) is 3.01. The zero-order valence-electron chi connectivity index (χ0n) is 15.7. The summed E-state index contributed by atoms with van der Waals surface area (Å²) in [5, 5.41) is 2.91. The number of rotatable bonds is 5. The highest BCUT2D eigenvalue weighted by atomic mass is 16.2. The number of nitrogens with one attached hydrogen (secondary N) is 1. The molecule has 1 aliphatic rings. The first kappa shape index (κ1) is 18.2. The Morgan fingerprint density at radius 3 is 2.58 bits per heavy atom. The summed E-state index contributed by atoms with van der Waals surface area (Å²) in [6.45, 7) is 7.35. The van der Waals surface area contributed by atoms with Gasteiger partial charge in [0.05, 0.1) is 0 Å². The molecular weight excluding hydrogens is 324 g/mol. The van der Waals surface area contributed by atoms with Crippen LogP contribution in [0.2, 0.25) is 0 Å². The number of hydrogen-bond acceptors (Lipinski definition) is 2. The summed E-state index contributed by atoms with van der Waals surface area (Å²) in [7, 11) is 0. The molecule has 0 aliphatic carbocycles. The SMILES string of the molecule is Cc1cccc(CNC(=O)[C@H]2CCN(c3ccc(C(C)C)cc3)C2=O)c1. The molecule has 0 aromatic heterocycles. The Labute approximate surface area is 155 Å². The Morgan fingerprint density at radius 1 is 1.19 bits per heavy atom. The van der Waals surface area contributed by atoms with Gasteiger partial charge in [-0.1, -0.05) is 55.8 Å². The maximum absolute atomic E-state index is 12.7. The first-order chi connectivity index (χ1) is 12.5. The van der Waals surface area contributed by atoms with E-state index in [1.807, 2.05) is 43.3 Å². The molecule has 1 aliphatic heterocycles. The van der Waals surface area contributed by atoms with E-state index >= 15 is 0 Å². The molecule has 0 bridgehead atoms. The predicted octanol–water partition coefficient (Wildman–Crippen LogP) is 3.79. The van der Waals surface area contributed by atoms with Crippen molar-refractivity contribution in [3.8, 4) is 0 Å². The molecular formula is C22H26N2O2. The van der Waals surface area contributed by atoms with Crippen LogP contribution in [0.5, 0.6) is 0 Å². The van der Waals surface area contributed by atoms with E-state index in [1.54, 1.807) is 4.90 Å². The van der Waals surface area contributed by atoms with Gasteiger partial charge in [-0.15, -0.1) is 0 Å². The highest BCUT2D eigenvalue weighted by Crippen LogP contribution is 2.27. The fourth-order valence-electron chi connectivity index (χ4n) is 3.35. The van der Waals surface area contributed by atoms with Gasteiger partial charge in [0, 0.05) is 18.8 Å². The highest BCUT2D eigenvalue weighted by molar-refractivity contribution is 6.09. The van der Waals surface area contributed by atoms with Crippen LogP contribution in [-0.2, 0) is 16.1 Å². The van der Waals surface area contributed by atoms with Crippen LogP contribution in [0.1, 0.15) is 42.9 Å². The fraction of sp³-hybridized carbons (Fsp3) is 0.364. The van der Waals surface area contributed by atoms with Crippen molar-refractivity contribution in [3.05, 3.63) is 65.2 Å². The maximum atomic E-state index is 12.7. The number of anilines is 1. The van der Waals surface area contributed by atoms with Crippen LogP contribution < -0.4 is 10.2 Å². The summed E-state index contributed by atoms with van der Waals surface area (Å²) in [6, 6.07) is 16.1. The topological polar surface area (TPSA) is 49.4 Å². The van der Waals surface area contributed by atoms with Gasteiger partial charge in [0.25, 0.3) is 0 Å². The van der Waals surface area contributed by atoms with Crippen LogP contribution in [0.4, 0.5) is 5.69 Å². The first-order valence-corrected chi connectivity index (χ1v) is 9.20. The maximum Gasteiger partial charge on any atom is 0.239 e. The molecule has 1 heterocycles. The summed E-state index contributed by atoms with van der Waals surface area (Å²) < 4.78 is 0. The van der Waals surface area contributed by atoms with Gasteiger partial charge in [0.1, 0.15) is 5.92 Å². The summed E-state index contributed by atoms with van der Waals surface area (Å²) in [4.78, 5) is 26.9. The molecule has 3 rings (SSSR count). The lowest BCUT2D eigenvalue weighted by Crippen LogP contribution is -2.36. The van der Waals surface area contributed by atoms with Gasteiger partial charge >= 0.3 is 0 Å². The molecule has 4 nitrogen and oxygen atoms in total. The number of aryl methyl sites for hydroxylation is 1. The first-order valence-electron chi connectivity index (χ1n) is 9.20. The minimum absolute atomic E-state index is 0.107. The van der Waals surface area contributed by atoms with E-state index in [1.165, 1.54) is 5.56 Å². The van der Waals surface area contributed by atoms with Gasteiger partial charge < -0.3 is 10.2 Å². The van der Waals surface area contributed by atoms with Crippen LogP contribution in [0.25, 0.3) is 0 Å². The van der Waals surface area contributed by atoms with Crippen molar-refractivity contribution in [2.24, 2.45) is 5.92 Å². The third kappa shape index (κ3) is 3.96. The van der Waals surface area contributed by atoms with Crippen LogP contribution in [0.15, 0.2) is 48.5 Å². The van der Waals surface area contributed by atoms with Gasteiger partial charge in [0.2, 0.25) is 11.8 Å². The van der Waals surface area contributed by atoms with Crippen LogP contribution >= 0.6 is 0 Å². The zero-order valence-corrected chi connectivity index (χ0v) is 15.7. The van der Waals surface area contributed by atoms with Gasteiger partial charge in [-0.05, 0) is 42.5 Å². The number of amides is 2. The molecule has 2 aromatic carbocycles. The average molecular weight is 350 g/mol. The number of carbonyl (C=O) groups excluding carboxylic acids is 2. The van der Waals surface area contributed by atoms with E-state index in [0.29, 0.717) is 25.4 Å². The zero-order chi connectivity index (χ0) is 18.7. The van der Waals surface area contributed by atoms with Crippen molar-refractivity contribution in [3.63, 3.8) is 0 Å². The molecule has 2 amide bonds. The monoisotopic (exact) mass is 350 g/mol. The number of benzene rings is 2. The molecule has 1 saturated heterocycles.